The maximum atomic E-state index is 11.1. The van der Waals surface area contributed by atoms with Gasteiger partial charge in [-0.1, -0.05) is 0 Å². The molecule has 2 aliphatic rings. The molecule has 0 saturated carbocycles. The zero-order valence-electron chi connectivity index (χ0n) is 6.01. The van der Waals surface area contributed by atoms with E-state index in [0.717, 1.165) is 0 Å². The molecule has 62 valence electrons. The molecular formula is C7H3IO4. The summed E-state index contributed by atoms with van der Waals surface area (Å²) in [6, 6.07) is 0. The van der Waals surface area contributed by atoms with Gasteiger partial charge in [-0.25, -0.2) is 9.59 Å². The molecule has 0 unspecified atom stereocenters. The van der Waals surface area contributed by atoms with Crippen molar-refractivity contribution >= 4 is 34.5 Å². The van der Waals surface area contributed by atoms with Gasteiger partial charge in [-0.3, -0.25) is 0 Å². The Morgan fingerprint density at radius 2 is 1.67 bits per heavy atom. The van der Waals surface area contributed by atoms with Crippen LogP contribution in [0.2, 0.25) is 0 Å². The number of esters is 2. The summed E-state index contributed by atoms with van der Waals surface area (Å²) in [7, 11) is 0. The molecular weight excluding hydrogens is 275 g/mol. The second kappa shape index (κ2) is 2.32. The van der Waals surface area contributed by atoms with E-state index >= 15 is 0 Å². The number of fused-ring (bicyclic) bond motifs is 1. The van der Waals surface area contributed by atoms with Gasteiger partial charge in [-0.05, 0) is 6.92 Å². The molecule has 0 aromatic heterocycles. The van der Waals surface area contributed by atoms with Gasteiger partial charge in [0.15, 0.2) is 3.77 Å². The first-order valence-corrected chi connectivity index (χ1v) is 4.24. The lowest BCUT2D eigenvalue weighted by atomic mass is 10.1. The van der Waals surface area contributed by atoms with E-state index in [1.807, 2.05) is 0 Å². The van der Waals surface area contributed by atoms with Crippen LogP contribution in [0, 0.1) is 0 Å². The highest BCUT2D eigenvalue weighted by molar-refractivity contribution is 14.1. The van der Waals surface area contributed by atoms with Crippen molar-refractivity contribution in [2.45, 2.75) is 6.92 Å². The molecule has 4 nitrogen and oxygen atoms in total. The number of allylic oxidation sites excluding steroid dienone is 1. The molecule has 0 aromatic rings. The van der Waals surface area contributed by atoms with Gasteiger partial charge in [0.25, 0.3) is 0 Å². The van der Waals surface area contributed by atoms with E-state index in [4.69, 9.17) is 9.47 Å². The van der Waals surface area contributed by atoms with E-state index in [0.29, 0.717) is 9.53 Å². The Hall–Kier alpha value is -0.850. The van der Waals surface area contributed by atoms with Crippen LogP contribution in [0.4, 0.5) is 0 Å². The predicted molar refractivity (Wildman–Crippen MR) is 45.9 cm³/mol. The molecule has 2 heterocycles. The molecule has 0 atom stereocenters. The quantitative estimate of drug-likeness (QED) is 0.490. The largest absolute Gasteiger partial charge is 0.427 e. The molecule has 0 spiro atoms. The molecule has 0 radical (unpaired) electrons. The topological polar surface area (TPSA) is 52.6 Å². The van der Waals surface area contributed by atoms with E-state index in [9.17, 15) is 9.59 Å². The van der Waals surface area contributed by atoms with Gasteiger partial charge in [-0.2, -0.15) is 0 Å². The van der Waals surface area contributed by atoms with Gasteiger partial charge in [0.1, 0.15) is 16.9 Å². The molecule has 12 heavy (non-hydrogen) atoms. The highest BCUT2D eigenvalue weighted by atomic mass is 127. The Labute approximate surface area is 81.4 Å². The van der Waals surface area contributed by atoms with Gasteiger partial charge in [-0.15, -0.1) is 0 Å². The van der Waals surface area contributed by atoms with Gasteiger partial charge in [0.2, 0.25) is 0 Å². The Morgan fingerprint density at radius 3 is 2.25 bits per heavy atom. The number of rotatable bonds is 0. The van der Waals surface area contributed by atoms with Crippen molar-refractivity contribution in [3.63, 3.8) is 0 Å². The molecule has 0 aliphatic carbocycles. The lowest BCUT2D eigenvalue weighted by Crippen LogP contribution is -1.97. The average Bonchev–Trinajstić information content (AvgIpc) is 2.38. The smallest absolute Gasteiger partial charge is 0.348 e. The van der Waals surface area contributed by atoms with Crippen molar-refractivity contribution in [1.29, 1.82) is 0 Å². The summed E-state index contributed by atoms with van der Waals surface area (Å²) in [6.07, 6.45) is 0. The zero-order chi connectivity index (χ0) is 8.88. The van der Waals surface area contributed by atoms with E-state index < -0.39 is 11.9 Å². The highest BCUT2D eigenvalue weighted by Gasteiger charge is 2.42. The fourth-order valence-corrected chi connectivity index (χ4v) is 1.82. The standard InChI is InChI=1S/C7H3IO4/c1-2-3-4(7(10)11-2)5(8)12-6(3)9/h1H3. The van der Waals surface area contributed by atoms with Crippen LogP contribution in [0.5, 0.6) is 0 Å². The normalized spacial score (nSPS) is 21.5. The fourth-order valence-electron chi connectivity index (χ4n) is 1.13. The summed E-state index contributed by atoms with van der Waals surface area (Å²) in [5.74, 6) is -0.679. The minimum Gasteiger partial charge on any atom is -0.427 e. The van der Waals surface area contributed by atoms with Crippen LogP contribution >= 0.6 is 22.6 Å². The van der Waals surface area contributed by atoms with Crippen molar-refractivity contribution < 1.29 is 19.1 Å². The number of cyclic esters (lactones) is 2. The lowest BCUT2D eigenvalue weighted by Gasteiger charge is -1.95. The van der Waals surface area contributed by atoms with Gasteiger partial charge in [0, 0.05) is 22.6 Å². The summed E-state index contributed by atoms with van der Waals surface area (Å²) >= 11 is 1.79. The van der Waals surface area contributed by atoms with E-state index in [1.165, 1.54) is 0 Å². The van der Waals surface area contributed by atoms with Crippen LogP contribution in [0.1, 0.15) is 6.92 Å². The number of hydrogen-bond donors (Lipinski definition) is 0. The number of carbonyl (C=O) groups excluding carboxylic acids is 2. The minimum atomic E-state index is -0.502. The Morgan fingerprint density at radius 1 is 1.08 bits per heavy atom. The van der Waals surface area contributed by atoms with Crippen LogP contribution in [0.3, 0.4) is 0 Å². The van der Waals surface area contributed by atoms with Crippen molar-refractivity contribution in [3.8, 4) is 0 Å². The molecule has 0 saturated heterocycles. The summed E-state index contributed by atoms with van der Waals surface area (Å²) in [4.78, 5) is 22.1. The van der Waals surface area contributed by atoms with E-state index in [2.05, 4.69) is 0 Å². The minimum absolute atomic E-state index is 0.262. The Balaban J connectivity index is 2.64. The lowest BCUT2D eigenvalue weighted by molar-refractivity contribution is -0.133. The molecule has 2 aliphatic heterocycles. The van der Waals surface area contributed by atoms with Crippen molar-refractivity contribution in [2.75, 3.05) is 0 Å². The third-order valence-corrected chi connectivity index (χ3v) is 2.39. The van der Waals surface area contributed by atoms with Crippen molar-refractivity contribution in [3.05, 3.63) is 20.7 Å². The second-order valence-corrected chi connectivity index (χ2v) is 3.34. The summed E-state index contributed by atoms with van der Waals surface area (Å²) in [5, 5.41) is 0. The first-order valence-electron chi connectivity index (χ1n) is 3.16. The predicted octanol–water partition coefficient (Wildman–Crippen LogP) is 1.02. The number of halogens is 1. The summed E-state index contributed by atoms with van der Waals surface area (Å²) < 4.78 is 9.78. The molecule has 5 heteroatoms. The van der Waals surface area contributed by atoms with Crippen LogP contribution in [0.25, 0.3) is 0 Å². The first kappa shape index (κ1) is 7.78. The Kier molecular flexibility index (Phi) is 1.50. The van der Waals surface area contributed by atoms with E-state index in [-0.39, 0.29) is 11.1 Å². The molecule has 0 amide bonds. The molecule has 0 N–H and O–H groups in total. The summed E-state index contributed by atoms with van der Waals surface area (Å²) in [5.41, 5.74) is 0.530. The number of hydrogen-bond acceptors (Lipinski definition) is 4. The molecule has 2 rings (SSSR count). The van der Waals surface area contributed by atoms with Crippen LogP contribution < -0.4 is 0 Å². The van der Waals surface area contributed by atoms with Crippen LogP contribution in [-0.4, -0.2) is 11.9 Å². The van der Waals surface area contributed by atoms with Gasteiger partial charge >= 0.3 is 11.9 Å². The molecule has 0 fully saturated rings. The van der Waals surface area contributed by atoms with Crippen LogP contribution in [-0.2, 0) is 19.1 Å². The van der Waals surface area contributed by atoms with Crippen LogP contribution in [0.15, 0.2) is 20.7 Å². The maximum Gasteiger partial charge on any atom is 0.348 e. The van der Waals surface area contributed by atoms with Gasteiger partial charge in [0.05, 0.1) is 0 Å². The Bertz CT molecular complexity index is 328. The fraction of sp³-hybridized carbons (Fsp3) is 0.143. The summed E-state index contributed by atoms with van der Waals surface area (Å²) in [6.45, 7) is 1.57. The monoisotopic (exact) mass is 278 g/mol. The number of carbonyl (C=O) groups is 2. The zero-order valence-corrected chi connectivity index (χ0v) is 8.17. The number of ether oxygens (including phenoxy) is 2. The molecule has 0 aromatic carbocycles. The third-order valence-electron chi connectivity index (χ3n) is 1.63. The van der Waals surface area contributed by atoms with Crippen molar-refractivity contribution in [2.24, 2.45) is 0 Å². The SMILES string of the molecule is CC1=C2C(=O)OC(I)=C2C(=O)O1. The van der Waals surface area contributed by atoms with Crippen molar-refractivity contribution in [1.82, 2.24) is 0 Å². The maximum absolute atomic E-state index is 11.1. The van der Waals surface area contributed by atoms with E-state index in [1.54, 1.807) is 29.5 Å². The second-order valence-electron chi connectivity index (χ2n) is 2.36. The average molecular weight is 278 g/mol. The third kappa shape index (κ3) is 0.825. The van der Waals surface area contributed by atoms with Gasteiger partial charge < -0.3 is 9.47 Å². The highest BCUT2D eigenvalue weighted by Crippen LogP contribution is 2.37. The first-order chi connectivity index (χ1) is 5.61. The molecule has 0 bridgehead atoms.